The molecule has 0 radical (unpaired) electrons. The van der Waals surface area contributed by atoms with Gasteiger partial charge in [0.05, 0.1) is 6.61 Å². The number of aliphatic carboxylic acids is 1. The number of nitrogens with zero attached hydrogens (tertiary/aromatic N) is 1. The van der Waals surface area contributed by atoms with Crippen LogP contribution < -0.4 is 9.64 Å². The molecule has 0 heterocycles. The SMILES string of the molecule is CN(Cc1ccc(CCC(=O)O)c(OCCc2ccc3ccccc3c2)c1)c1ccccc1. The topological polar surface area (TPSA) is 49.8 Å². The Morgan fingerprint density at radius 1 is 0.818 bits per heavy atom. The summed E-state index contributed by atoms with van der Waals surface area (Å²) in [6.07, 6.45) is 1.33. The summed E-state index contributed by atoms with van der Waals surface area (Å²) in [4.78, 5) is 13.3. The lowest BCUT2D eigenvalue weighted by molar-refractivity contribution is -0.136. The highest BCUT2D eigenvalue weighted by atomic mass is 16.5. The van der Waals surface area contributed by atoms with Gasteiger partial charge in [0.25, 0.3) is 0 Å². The number of aryl methyl sites for hydroxylation is 1. The van der Waals surface area contributed by atoms with Crippen molar-refractivity contribution >= 4 is 22.4 Å². The standard InChI is InChI=1S/C29H29NO3/c1-30(27-9-3-2-4-10-27)21-23-12-14-25(15-16-29(31)32)28(20-23)33-18-17-22-11-13-24-7-5-6-8-26(24)19-22/h2-14,19-20H,15-18,21H2,1H3,(H,31,32). The Balaban J connectivity index is 1.46. The summed E-state index contributed by atoms with van der Waals surface area (Å²) in [7, 11) is 2.06. The highest BCUT2D eigenvalue weighted by molar-refractivity contribution is 5.83. The summed E-state index contributed by atoms with van der Waals surface area (Å²) in [5.74, 6) is -0.0269. The third-order valence-electron chi connectivity index (χ3n) is 5.82. The molecule has 0 saturated carbocycles. The number of rotatable bonds is 10. The second-order valence-corrected chi connectivity index (χ2v) is 8.31. The number of para-hydroxylation sites is 1. The van der Waals surface area contributed by atoms with Crippen molar-refractivity contribution in [1.82, 2.24) is 0 Å². The molecule has 0 aliphatic carbocycles. The third-order valence-corrected chi connectivity index (χ3v) is 5.82. The van der Waals surface area contributed by atoms with Crippen LogP contribution in [-0.4, -0.2) is 24.7 Å². The zero-order valence-corrected chi connectivity index (χ0v) is 18.9. The Labute approximate surface area is 195 Å². The molecule has 0 aliphatic rings. The molecule has 0 aromatic heterocycles. The smallest absolute Gasteiger partial charge is 0.303 e. The maximum absolute atomic E-state index is 11.1. The zero-order valence-electron chi connectivity index (χ0n) is 18.9. The van der Waals surface area contributed by atoms with Gasteiger partial charge in [-0.25, -0.2) is 0 Å². The predicted octanol–water partition coefficient (Wildman–Crippen LogP) is 6.11. The van der Waals surface area contributed by atoms with E-state index in [1.165, 1.54) is 16.3 Å². The summed E-state index contributed by atoms with van der Waals surface area (Å²) in [6, 6.07) is 31.2. The van der Waals surface area contributed by atoms with E-state index in [2.05, 4.69) is 72.6 Å². The first-order chi connectivity index (χ1) is 16.1. The van der Waals surface area contributed by atoms with Crippen molar-refractivity contribution in [1.29, 1.82) is 0 Å². The van der Waals surface area contributed by atoms with Gasteiger partial charge in [0.2, 0.25) is 0 Å². The number of carboxylic acid groups (broad SMARTS) is 1. The van der Waals surface area contributed by atoms with Gasteiger partial charge >= 0.3 is 5.97 Å². The van der Waals surface area contributed by atoms with Crippen molar-refractivity contribution in [3.63, 3.8) is 0 Å². The number of hydrogen-bond acceptors (Lipinski definition) is 3. The summed E-state index contributed by atoms with van der Waals surface area (Å²) < 4.78 is 6.20. The molecule has 4 aromatic rings. The Hall–Kier alpha value is -3.79. The van der Waals surface area contributed by atoms with Crippen LogP contribution in [0.3, 0.4) is 0 Å². The average Bonchev–Trinajstić information content (AvgIpc) is 2.84. The second kappa shape index (κ2) is 10.7. The van der Waals surface area contributed by atoms with Crippen molar-refractivity contribution in [2.45, 2.75) is 25.8 Å². The number of ether oxygens (including phenoxy) is 1. The number of hydrogen-bond donors (Lipinski definition) is 1. The molecule has 168 valence electrons. The van der Waals surface area contributed by atoms with E-state index in [4.69, 9.17) is 9.84 Å². The molecule has 4 heteroatoms. The van der Waals surface area contributed by atoms with E-state index in [-0.39, 0.29) is 6.42 Å². The van der Waals surface area contributed by atoms with Gasteiger partial charge in [-0.15, -0.1) is 0 Å². The van der Waals surface area contributed by atoms with Gasteiger partial charge in [0.1, 0.15) is 5.75 Å². The van der Waals surface area contributed by atoms with Gasteiger partial charge < -0.3 is 14.7 Å². The minimum absolute atomic E-state index is 0.0876. The Morgan fingerprint density at radius 3 is 2.33 bits per heavy atom. The molecule has 4 nitrogen and oxygen atoms in total. The van der Waals surface area contributed by atoms with Crippen molar-refractivity contribution in [2.75, 3.05) is 18.6 Å². The van der Waals surface area contributed by atoms with Crippen LogP contribution in [0.2, 0.25) is 0 Å². The molecule has 4 aromatic carbocycles. The first-order valence-corrected chi connectivity index (χ1v) is 11.3. The normalized spacial score (nSPS) is 10.8. The van der Waals surface area contributed by atoms with Gasteiger partial charge in [-0.1, -0.05) is 72.8 Å². The van der Waals surface area contributed by atoms with Gasteiger partial charge in [-0.3, -0.25) is 4.79 Å². The number of fused-ring (bicyclic) bond motifs is 1. The molecule has 0 aliphatic heterocycles. The summed E-state index contributed by atoms with van der Waals surface area (Å²) >= 11 is 0. The quantitative estimate of drug-likeness (QED) is 0.324. The Morgan fingerprint density at radius 2 is 1.55 bits per heavy atom. The molecule has 0 unspecified atom stereocenters. The second-order valence-electron chi connectivity index (χ2n) is 8.31. The summed E-state index contributed by atoms with van der Waals surface area (Å²) in [5.41, 5.74) is 4.43. The predicted molar refractivity (Wildman–Crippen MR) is 134 cm³/mol. The van der Waals surface area contributed by atoms with Crippen molar-refractivity contribution in [3.8, 4) is 5.75 Å². The fourth-order valence-corrected chi connectivity index (χ4v) is 4.00. The first kappa shape index (κ1) is 22.4. The Kier molecular flexibility index (Phi) is 7.26. The van der Waals surface area contributed by atoms with Crippen LogP contribution in [0.25, 0.3) is 10.8 Å². The minimum Gasteiger partial charge on any atom is -0.493 e. The van der Waals surface area contributed by atoms with Crippen molar-refractivity contribution in [3.05, 3.63) is 108 Å². The fraction of sp³-hybridized carbons (Fsp3) is 0.207. The average molecular weight is 440 g/mol. The van der Waals surface area contributed by atoms with Crippen LogP contribution in [0.4, 0.5) is 5.69 Å². The van der Waals surface area contributed by atoms with Gasteiger partial charge in [-0.2, -0.15) is 0 Å². The molecule has 0 bridgehead atoms. The lowest BCUT2D eigenvalue weighted by Crippen LogP contribution is -2.16. The number of carboxylic acids is 1. The maximum atomic E-state index is 11.1. The van der Waals surface area contributed by atoms with Crippen LogP contribution in [0, 0.1) is 0 Å². The number of anilines is 1. The van der Waals surface area contributed by atoms with Gasteiger partial charge in [-0.05, 0) is 52.1 Å². The largest absolute Gasteiger partial charge is 0.493 e. The number of carbonyl (C=O) groups is 1. The molecule has 0 atom stereocenters. The van der Waals surface area contributed by atoms with Crippen molar-refractivity contribution in [2.24, 2.45) is 0 Å². The Bertz CT molecular complexity index is 1220. The first-order valence-electron chi connectivity index (χ1n) is 11.3. The molecular weight excluding hydrogens is 410 g/mol. The highest BCUT2D eigenvalue weighted by Crippen LogP contribution is 2.25. The third kappa shape index (κ3) is 6.13. The van der Waals surface area contributed by atoms with Crippen LogP contribution in [0.15, 0.2) is 91.0 Å². The van der Waals surface area contributed by atoms with Gasteiger partial charge in [0, 0.05) is 32.1 Å². The zero-order chi connectivity index (χ0) is 23.0. The highest BCUT2D eigenvalue weighted by Gasteiger charge is 2.10. The number of benzene rings is 4. The minimum atomic E-state index is -0.801. The van der Waals surface area contributed by atoms with E-state index in [0.29, 0.717) is 13.0 Å². The fourth-order valence-electron chi connectivity index (χ4n) is 4.00. The van der Waals surface area contributed by atoms with E-state index in [1.54, 1.807) is 0 Å². The van der Waals surface area contributed by atoms with Crippen LogP contribution in [0.1, 0.15) is 23.1 Å². The molecule has 0 saturated heterocycles. The molecule has 4 rings (SSSR count). The van der Waals surface area contributed by atoms with E-state index in [0.717, 1.165) is 35.5 Å². The summed E-state index contributed by atoms with van der Waals surface area (Å²) in [6.45, 7) is 1.28. The molecule has 1 N–H and O–H groups in total. The van der Waals surface area contributed by atoms with Crippen LogP contribution >= 0.6 is 0 Å². The van der Waals surface area contributed by atoms with E-state index < -0.39 is 5.97 Å². The lowest BCUT2D eigenvalue weighted by atomic mass is 10.0. The van der Waals surface area contributed by atoms with Crippen LogP contribution in [-0.2, 0) is 24.2 Å². The molecule has 0 spiro atoms. The monoisotopic (exact) mass is 439 g/mol. The molecule has 0 fully saturated rings. The van der Waals surface area contributed by atoms with E-state index in [9.17, 15) is 4.79 Å². The van der Waals surface area contributed by atoms with E-state index >= 15 is 0 Å². The van der Waals surface area contributed by atoms with E-state index in [1.807, 2.05) is 30.3 Å². The summed E-state index contributed by atoms with van der Waals surface area (Å²) in [5, 5.41) is 11.6. The molecular formula is C29H29NO3. The lowest BCUT2D eigenvalue weighted by Gasteiger charge is -2.20. The van der Waals surface area contributed by atoms with Crippen molar-refractivity contribution < 1.29 is 14.6 Å². The van der Waals surface area contributed by atoms with Crippen LogP contribution in [0.5, 0.6) is 5.75 Å². The maximum Gasteiger partial charge on any atom is 0.303 e. The van der Waals surface area contributed by atoms with Gasteiger partial charge in [0.15, 0.2) is 0 Å². The molecule has 0 amide bonds. The molecule has 33 heavy (non-hydrogen) atoms.